The fraction of sp³-hybridized carbons (Fsp3) is 0.368. The van der Waals surface area contributed by atoms with E-state index in [2.05, 4.69) is 24.3 Å². The molecule has 1 N–H and O–H groups in total. The molecule has 0 saturated heterocycles. The summed E-state index contributed by atoms with van der Waals surface area (Å²) in [7, 11) is -1.99. The van der Waals surface area contributed by atoms with Gasteiger partial charge in [0, 0.05) is 28.6 Å². The Labute approximate surface area is 151 Å². The van der Waals surface area contributed by atoms with Crippen LogP contribution < -0.4 is 10.4 Å². The SMILES string of the molecule is C.CCCO[Si](O)(OCCC)c1ccccc1.[SiH3]c1ccccc1. The Morgan fingerprint density at radius 1 is 0.833 bits per heavy atom. The molecule has 134 valence electrons. The van der Waals surface area contributed by atoms with E-state index in [0.717, 1.165) is 18.0 Å². The van der Waals surface area contributed by atoms with E-state index >= 15 is 0 Å². The van der Waals surface area contributed by atoms with Crippen molar-refractivity contribution in [3.05, 3.63) is 60.7 Å². The van der Waals surface area contributed by atoms with E-state index in [1.165, 1.54) is 15.4 Å². The minimum Gasteiger partial charge on any atom is -0.386 e. The highest BCUT2D eigenvalue weighted by molar-refractivity contribution is 6.74. The summed E-state index contributed by atoms with van der Waals surface area (Å²) < 4.78 is 11.1. The smallest absolute Gasteiger partial charge is 0.386 e. The molecule has 0 fully saturated rings. The second-order valence-electron chi connectivity index (χ2n) is 5.30. The van der Waals surface area contributed by atoms with E-state index in [-0.39, 0.29) is 7.43 Å². The average Bonchev–Trinajstić information content (AvgIpc) is 2.60. The van der Waals surface area contributed by atoms with Crippen LogP contribution in [0.2, 0.25) is 0 Å². The number of benzene rings is 2. The molecule has 0 bridgehead atoms. The van der Waals surface area contributed by atoms with Crippen molar-refractivity contribution >= 4 is 29.4 Å². The predicted molar refractivity (Wildman–Crippen MR) is 109 cm³/mol. The van der Waals surface area contributed by atoms with Crippen LogP contribution in [0.4, 0.5) is 0 Å². The standard InChI is InChI=1S/C12H20O3Si.C6H8Si.CH4/c1-3-10-14-16(13,15-11-4-2)12-8-6-5-7-9-12;7-6-4-2-1-3-5-6;/h5-9,13H,3-4,10-11H2,1-2H3;1-5H,7H3;1H4. The molecule has 0 unspecified atom stereocenters. The third-order valence-electron chi connectivity index (χ3n) is 3.08. The van der Waals surface area contributed by atoms with Crippen LogP contribution >= 0.6 is 0 Å². The van der Waals surface area contributed by atoms with Gasteiger partial charge in [-0.15, -0.1) is 0 Å². The molecule has 0 aliphatic rings. The Kier molecular flexibility index (Phi) is 12.4. The summed E-state index contributed by atoms with van der Waals surface area (Å²) in [6, 6.07) is 19.9. The van der Waals surface area contributed by atoms with Gasteiger partial charge in [0.1, 0.15) is 0 Å². The summed E-state index contributed by atoms with van der Waals surface area (Å²) >= 11 is 0. The first-order valence-electron chi connectivity index (χ1n) is 8.19. The highest BCUT2D eigenvalue weighted by atomic mass is 28.4. The lowest BCUT2D eigenvalue weighted by Crippen LogP contribution is -2.54. The van der Waals surface area contributed by atoms with Crippen molar-refractivity contribution in [2.75, 3.05) is 13.2 Å². The maximum absolute atomic E-state index is 10.4. The molecular formula is C19H32O3Si2. The molecule has 0 amide bonds. The molecule has 0 saturated carbocycles. The molecular weight excluding hydrogens is 332 g/mol. The monoisotopic (exact) mass is 364 g/mol. The molecule has 2 aromatic rings. The summed E-state index contributed by atoms with van der Waals surface area (Å²) in [4.78, 5) is 10.4. The molecule has 0 radical (unpaired) electrons. The molecule has 0 aromatic heterocycles. The van der Waals surface area contributed by atoms with E-state index in [4.69, 9.17) is 8.85 Å². The van der Waals surface area contributed by atoms with Gasteiger partial charge in [0.25, 0.3) is 0 Å². The van der Waals surface area contributed by atoms with Crippen molar-refractivity contribution in [1.29, 1.82) is 0 Å². The van der Waals surface area contributed by atoms with Crippen LogP contribution in [0.3, 0.4) is 0 Å². The first-order chi connectivity index (χ1) is 11.1. The Morgan fingerprint density at radius 3 is 1.58 bits per heavy atom. The first-order valence-corrected chi connectivity index (χ1v) is 11.0. The van der Waals surface area contributed by atoms with Crippen LogP contribution in [-0.4, -0.2) is 37.1 Å². The molecule has 2 aromatic carbocycles. The van der Waals surface area contributed by atoms with Crippen LogP contribution in [0.1, 0.15) is 34.1 Å². The summed E-state index contributed by atoms with van der Waals surface area (Å²) in [5.74, 6) is 0. The van der Waals surface area contributed by atoms with Crippen molar-refractivity contribution in [2.24, 2.45) is 0 Å². The second-order valence-corrected chi connectivity index (χ2v) is 8.77. The van der Waals surface area contributed by atoms with E-state index in [1.807, 2.05) is 50.2 Å². The predicted octanol–water partition coefficient (Wildman–Crippen LogP) is 1.99. The van der Waals surface area contributed by atoms with E-state index in [1.54, 1.807) is 0 Å². The van der Waals surface area contributed by atoms with Gasteiger partial charge in [-0.2, -0.15) is 0 Å². The first kappa shape index (κ1) is 22.8. The quantitative estimate of drug-likeness (QED) is 0.764. The number of rotatable bonds is 7. The highest BCUT2D eigenvalue weighted by Gasteiger charge is 2.39. The summed E-state index contributed by atoms with van der Waals surface area (Å²) in [6.07, 6.45) is 1.75. The van der Waals surface area contributed by atoms with Gasteiger partial charge in [-0.1, -0.05) is 87.1 Å². The van der Waals surface area contributed by atoms with Gasteiger partial charge in [-0.25, -0.2) is 0 Å². The largest absolute Gasteiger partial charge is 0.534 e. The molecule has 0 spiro atoms. The molecule has 0 aliphatic heterocycles. The maximum atomic E-state index is 10.4. The lowest BCUT2D eigenvalue weighted by atomic mass is 10.4. The normalized spacial score (nSPS) is 10.5. The van der Waals surface area contributed by atoms with Crippen molar-refractivity contribution in [2.45, 2.75) is 34.1 Å². The zero-order valence-corrected chi connectivity index (χ0v) is 17.4. The number of hydrogen-bond donors (Lipinski definition) is 1. The van der Waals surface area contributed by atoms with Crippen molar-refractivity contribution in [3.8, 4) is 0 Å². The van der Waals surface area contributed by atoms with Crippen LogP contribution in [0, 0.1) is 0 Å². The van der Waals surface area contributed by atoms with Gasteiger partial charge in [0.15, 0.2) is 0 Å². The van der Waals surface area contributed by atoms with Gasteiger partial charge in [-0.3, -0.25) is 0 Å². The van der Waals surface area contributed by atoms with Gasteiger partial charge in [-0.05, 0) is 12.8 Å². The molecule has 0 atom stereocenters. The zero-order valence-electron chi connectivity index (χ0n) is 14.4. The second kappa shape index (κ2) is 13.1. The third kappa shape index (κ3) is 8.56. The molecule has 3 nitrogen and oxygen atoms in total. The van der Waals surface area contributed by atoms with E-state index in [0.29, 0.717) is 13.2 Å². The van der Waals surface area contributed by atoms with Gasteiger partial charge in [0.05, 0.1) is 0 Å². The Morgan fingerprint density at radius 2 is 1.25 bits per heavy atom. The fourth-order valence-corrected chi connectivity index (χ4v) is 4.25. The van der Waals surface area contributed by atoms with Crippen LogP contribution in [0.15, 0.2) is 60.7 Å². The van der Waals surface area contributed by atoms with Crippen molar-refractivity contribution < 1.29 is 13.6 Å². The van der Waals surface area contributed by atoms with Gasteiger partial charge >= 0.3 is 8.80 Å². The van der Waals surface area contributed by atoms with Crippen molar-refractivity contribution in [1.82, 2.24) is 0 Å². The Balaban J connectivity index is 0.000000555. The zero-order chi connectivity index (χ0) is 17.0. The minimum absolute atomic E-state index is 0. The summed E-state index contributed by atoms with van der Waals surface area (Å²) in [5, 5.41) is 2.24. The molecule has 2 rings (SSSR count). The van der Waals surface area contributed by atoms with E-state index in [9.17, 15) is 4.80 Å². The van der Waals surface area contributed by atoms with Gasteiger partial charge in [0.2, 0.25) is 0 Å². The maximum Gasteiger partial charge on any atom is 0.534 e. The van der Waals surface area contributed by atoms with Crippen molar-refractivity contribution in [3.63, 3.8) is 0 Å². The van der Waals surface area contributed by atoms with Crippen LogP contribution in [0.25, 0.3) is 0 Å². The summed E-state index contributed by atoms with van der Waals surface area (Å²) in [5.41, 5.74) is 0. The van der Waals surface area contributed by atoms with Crippen LogP contribution in [0.5, 0.6) is 0 Å². The number of hydrogen-bond acceptors (Lipinski definition) is 3. The Hall–Kier alpha value is -1.25. The van der Waals surface area contributed by atoms with E-state index < -0.39 is 8.80 Å². The molecule has 0 heterocycles. The summed E-state index contributed by atoms with van der Waals surface area (Å²) in [6.45, 7) is 5.09. The molecule has 5 heteroatoms. The molecule has 0 aliphatic carbocycles. The lowest BCUT2D eigenvalue weighted by Gasteiger charge is -2.24. The topological polar surface area (TPSA) is 38.7 Å². The van der Waals surface area contributed by atoms with Crippen LogP contribution in [-0.2, 0) is 8.85 Å². The highest BCUT2D eigenvalue weighted by Crippen LogP contribution is 2.06. The minimum atomic E-state index is -3.17. The molecule has 24 heavy (non-hydrogen) atoms. The third-order valence-corrected chi connectivity index (χ3v) is 6.00. The average molecular weight is 365 g/mol. The Bertz CT molecular complexity index is 513. The van der Waals surface area contributed by atoms with Gasteiger partial charge < -0.3 is 13.6 Å². The lowest BCUT2D eigenvalue weighted by molar-refractivity contribution is 0.112. The fourth-order valence-electron chi connectivity index (χ4n) is 1.87.